The Morgan fingerprint density at radius 3 is 2.35 bits per heavy atom. The van der Waals surface area contributed by atoms with Crippen LogP contribution in [0.3, 0.4) is 0 Å². The molecule has 244 valence electrons. The van der Waals surface area contributed by atoms with Gasteiger partial charge in [0.05, 0.1) is 31.0 Å². The molecule has 0 saturated heterocycles. The number of nitrogens with zero attached hydrogens (tertiary/aromatic N) is 2. The van der Waals surface area contributed by atoms with Crippen molar-refractivity contribution < 1.29 is 24.5 Å². The second-order valence-electron chi connectivity index (χ2n) is 12.4. The molecule has 9 heteroatoms. The van der Waals surface area contributed by atoms with E-state index in [4.69, 9.17) is 19.4 Å². The van der Waals surface area contributed by atoms with E-state index in [0.29, 0.717) is 29.8 Å². The molecule has 8 bridgehead atoms. The average Bonchev–Trinajstić information content (AvgIpc) is 3.72. The van der Waals surface area contributed by atoms with Crippen LogP contribution in [0.25, 0.3) is 39.3 Å². The number of aromatic amines is 2. The van der Waals surface area contributed by atoms with E-state index in [1.54, 1.807) is 0 Å². The van der Waals surface area contributed by atoms with Gasteiger partial charge >= 0.3 is 5.97 Å². The number of aryl methyl sites for hydroxylation is 3. The van der Waals surface area contributed by atoms with Crippen molar-refractivity contribution in [2.45, 2.75) is 91.5 Å². The van der Waals surface area contributed by atoms with Gasteiger partial charge in [-0.15, -0.1) is 0 Å². The molecule has 0 aliphatic carbocycles. The lowest BCUT2D eigenvalue weighted by Crippen LogP contribution is -2.17. The summed E-state index contributed by atoms with van der Waals surface area (Å²) in [4.78, 5) is 29.9. The molecule has 9 nitrogen and oxygen atoms in total. The number of H-pyrrole nitrogens is 2. The maximum absolute atomic E-state index is 12.3. The van der Waals surface area contributed by atoms with E-state index in [1.807, 2.05) is 26.0 Å². The largest absolute Gasteiger partial charge is 0.469 e. The second-order valence-corrected chi connectivity index (χ2v) is 12.4. The number of hydrogen-bond acceptors (Lipinski definition) is 7. The van der Waals surface area contributed by atoms with E-state index in [0.717, 1.165) is 67.7 Å². The first kappa shape index (κ1) is 33.3. The smallest absolute Gasteiger partial charge is 0.308 e. The summed E-state index contributed by atoms with van der Waals surface area (Å²) >= 11 is 0. The van der Waals surface area contributed by atoms with Crippen LogP contribution in [-0.2, 0) is 20.7 Å². The fraction of sp³-hybridized carbons (Fsp3) is 0.432. The molecule has 0 aromatic carbocycles. The highest BCUT2D eigenvalue weighted by Crippen LogP contribution is 2.44. The van der Waals surface area contributed by atoms with Gasteiger partial charge in [-0.2, -0.15) is 0 Å². The molecule has 0 radical (unpaired) electrons. The number of carbonyl (C=O) groups excluding carboxylic acids is 1. The predicted octanol–water partition coefficient (Wildman–Crippen LogP) is 6.93. The molecular weight excluding hydrogens is 580 g/mol. The third-order valence-electron chi connectivity index (χ3n) is 9.84. The van der Waals surface area contributed by atoms with Gasteiger partial charge in [0.15, 0.2) is 6.29 Å². The molecule has 0 spiro atoms. The maximum Gasteiger partial charge on any atom is 0.308 e. The number of aromatic nitrogens is 4. The van der Waals surface area contributed by atoms with Crippen molar-refractivity contribution in [1.82, 2.24) is 19.9 Å². The van der Waals surface area contributed by atoms with E-state index in [2.05, 4.69) is 56.4 Å². The van der Waals surface area contributed by atoms with Crippen molar-refractivity contribution in [3.05, 3.63) is 75.4 Å². The van der Waals surface area contributed by atoms with Crippen molar-refractivity contribution in [2.24, 2.45) is 0 Å². The van der Waals surface area contributed by atoms with Gasteiger partial charge in [0.1, 0.15) is 0 Å². The summed E-state index contributed by atoms with van der Waals surface area (Å²) in [5, 5.41) is 21.8. The van der Waals surface area contributed by atoms with Gasteiger partial charge in [-0.25, -0.2) is 4.98 Å². The van der Waals surface area contributed by atoms with E-state index in [1.165, 1.54) is 19.8 Å². The lowest BCUT2D eigenvalue weighted by Gasteiger charge is -2.20. The van der Waals surface area contributed by atoms with Crippen LogP contribution >= 0.6 is 0 Å². The van der Waals surface area contributed by atoms with Crippen molar-refractivity contribution in [1.29, 1.82) is 0 Å². The number of nitrogens with one attached hydrogen (secondary N) is 2. The molecule has 5 rings (SSSR count). The highest BCUT2D eigenvalue weighted by atomic mass is 16.6. The number of ether oxygens (including phenoxy) is 2. The quantitative estimate of drug-likeness (QED) is 0.149. The number of hydrogen-bond donors (Lipinski definition) is 4. The summed E-state index contributed by atoms with van der Waals surface area (Å²) in [7, 11) is 2.81. The maximum atomic E-state index is 12.3. The van der Waals surface area contributed by atoms with E-state index in [-0.39, 0.29) is 18.3 Å². The van der Waals surface area contributed by atoms with Gasteiger partial charge in [-0.1, -0.05) is 26.5 Å². The Balaban J connectivity index is 1.92. The molecule has 2 unspecified atom stereocenters. The number of carbonyl (C=O) groups is 1. The van der Waals surface area contributed by atoms with E-state index in [9.17, 15) is 15.0 Å². The van der Waals surface area contributed by atoms with Crippen molar-refractivity contribution >= 4 is 45.3 Å². The SMILES string of the molecule is C=Cc1c(C)c2cc3nc(c(C)c4nc(cc5[nH]c(cc1[nH]2)c(C)c5CC)C(C)=C4C(O)CC(=O)OC)[C@@H](CCC(O)OC)[C@@H]3C. The topological polar surface area (TPSA) is 133 Å². The summed E-state index contributed by atoms with van der Waals surface area (Å²) < 4.78 is 10.1. The van der Waals surface area contributed by atoms with Crippen LogP contribution in [0.4, 0.5) is 0 Å². The zero-order valence-corrected chi connectivity index (χ0v) is 28.2. The Morgan fingerprint density at radius 2 is 1.70 bits per heavy atom. The van der Waals surface area contributed by atoms with Crippen LogP contribution in [0.15, 0.2) is 24.8 Å². The first-order valence-electron chi connectivity index (χ1n) is 16.0. The molecular formula is C37H46N4O5. The molecule has 2 aliphatic heterocycles. The van der Waals surface area contributed by atoms with E-state index >= 15 is 0 Å². The van der Waals surface area contributed by atoms with Gasteiger partial charge < -0.3 is 29.7 Å². The summed E-state index contributed by atoms with van der Waals surface area (Å²) in [6.45, 7) is 16.5. The summed E-state index contributed by atoms with van der Waals surface area (Å²) in [6.07, 6.45) is 1.57. The Hall–Kier alpha value is -4.05. The minimum atomic E-state index is -1.12. The fourth-order valence-corrected chi connectivity index (χ4v) is 7.00. The molecule has 4 atom stereocenters. The molecule has 0 fully saturated rings. The standard InChI is InChI=1S/C37H46N4O5/c1-10-23-18(3)26-14-28-20(5)25(12-13-33(43)45-8)36(40-28)22(7)37-35(32(42)17-34(44)46-9)21(6)29(41-37)16-31-24(11-2)19(4)27(39-31)15-30(23)38-26/h10,14-16,20,25,32-33,38-39,42-43H,1,11-13,17H2,2-9H3/t20-,25-,32?,33?/m0/s1. The number of esters is 1. The third-order valence-corrected chi connectivity index (χ3v) is 9.84. The van der Waals surface area contributed by atoms with Crippen LogP contribution in [0, 0.1) is 20.8 Å². The van der Waals surface area contributed by atoms with Gasteiger partial charge in [0, 0.05) is 63.5 Å². The number of aliphatic hydroxyl groups excluding tert-OH is 2. The Labute approximate surface area is 270 Å². The first-order chi connectivity index (χ1) is 21.9. The van der Waals surface area contributed by atoms with Gasteiger partial charge in [0.25, 0.3) is 0 Å². The Kier molecular flexibility index (Phi) is 9.67. The molecule has 46 heavy (non-hydrogen) atoms. The lowest BCUT2D eigenvalue weighted by molar-refractivity contribution is -0.142. The first-order valence-corrected chi connectivity index (χ1v) is 16.0. The molecule has 5 heterocycles. The summed E-state index contributed by atoms with van der Waals surface area (Å²) in [5.41, 5.74) is 13.6. The highest BCUT2D eigenvalue weighted by Gasteiger charge is 2.34. The third kappa shape index (κ3) is 5.95. The van der Waals surface area contributed by atoms with Crippen LogP contribution in [0.2, 0.25) is 0 Å². The number of methoxy groups -OCH3 is 2. The number of rotatable bonds is 9. The average molecular weight is 627 g/mol. The van der Waals surface area contributed by atoms with Crippen LogP contribution < -0.4 is 0 Å². The monoisotopic (exact) mass is 626 g/mol. The molecule has 3 aromatic heterocycles. The van der Waals surface area contributed by atoms with E-state index < -0.39 is 18.4 Å². The minimum Gasteiger partial charge on any atom is -0.469 e. The summed E-state index contributed by atoms with van der Waals surface area (Å²) in [5.74, 6) is -0.517. The number of aliphatic hydroxyl groups is 2. The van der Waals surface area contributed by atoms with Crippen LogP contribution in [0.5, 0.6) is 0 Å². The zero-order chi connectivity index (χ0) is 33.4. The minimum absolute atomic E-state index is 0.0254. The molecule has 2 aliphatic rings. The predicted molar refractivity (Wildman–Crippen MR) is 183 cm³/mol. The van der Waals surface area contributed by atoms with Gasteiger partial charge in [-0.05, 0) is 93.0 Å². The van der Waals surface area contributed by atoms with Gasteiger partial charge in [-0.3, -0.25) is 9.78 Å². The van der Waals surface area contributed by atoms with Crippen molar-refractivity contribution in [2.75, 3.05) is 14.2 Å². The van der Waals surface area contributed by atoms with Crippen LogP contribution in [-0.4, -0.2) is 62.7 Å². The molecule has 0 saturated carbocycles. The van der Waals surface area contributed by atoms with Crippen molar-refractivity contribution in [3.8, 4) is 0 Å². The van der Waals surface area contributed by atoms with Crippen LogP contribution in [0.1, 0.15) is 102 Å². The molecule has 3 aromatic rings. The lowest BCUT2D eigenvalue weighted by atomic mass is 9.85. The van der Waals surface area contributed by atoms with Gasteiger partial charge in [0.2, 0.25) is 0 Å². The molecule has 4 N–H and O–H groups in total. The fourth-order valence-electron chi connectivity index (χ4n) is 7.00. The second kappa shape index (κ2) is 13.4. The summed E-state index contributed by atoms with van der Waals surface area (Å²) in [6, 6.07) is 6.27. The molecule has 0 amide bonds. The number of allylic oxidation sites excluding steroid dienone is 1. The van der Waals surface area contributed by atoms with Crippen molar-refractivity contribution in [3.63, 3.8) is 0 Å². The highest BCUT2D eigenvalue weighted by molar-refractivity contribution is 5.96. The normalized spacial score (nSPS) is 17.7. The Bertz CT molecular complexity index is 1880. The Morgan fingerprint density at radius 1 is 1.00 bits per heavy atom. The zero-order valence-electron chi connectivity index (χ0n) is 28.2. The number of fused-ring (bicyclic) bond motifs is 8.